The van der Waals surface area contributed by atoms with Crippen LogP contribution in [0.4, 0.5) is 17.3 Å². The van der Waals surface area contributed by atoms with Gasteiger partial charge in [-0.25, -0.2) is 19.6 Å². The number of anilines is 2. The Labute approximate surface area is 433 Å². The summed E-state index contributed by atoms with van der Waals surface area (Å²) in [6, 6.07) is 2.03. The Morgan fingerprint density at radius 1 is 0.701 bits per heavy atom. The average Bonchev–Trinajstić information content (AvgIpc) is 3.38. The van der Waals surface area contributed by atoms with Crippen LogP contribution in [-0.2, 0) is 54.4 Å². The van der Waals surface area contributed by atoms with Crippen LogP contribution in [0.15, 0.2) is 64.6 Å². The molecule has 0 radical (unpaired) electrons. The SMILES string of the molecule is COC(=O)[C@H](CCCCNC(=O)c1ccc(N=[N+]=[N-])cc1)NC(=O)[C@H](CC(=O)O)NC(=O)[C@H](CC(=O)O)NC(=O)[C@H](CC(=O)O)NC(=O)CC[C@H](NC(=O)c1ccc(NCc2cnc3nc(N)[nH]c(=O)c3n2)cc1)C(=O)O. The van der Waals surface area contributed by atoms with Gasteiger partial charge in [-0.3, -0.25) is 52.9 Å². The molecular weight excluding hydrogens is 1020 g/mol. The number of carbonyl (C=O) groups excluding carboxylic acids is 7. The molecule has 4 aromatic rings. The number of hydrogen-bond acceptors (Lipinski definition) is 19. The molecular formula is C45H51N15O17. The number of aromatic nitrogens is 4. The fourth-order valence-corrected chi connectivity index (χ4v) is 6.90. The molecule has 0 saturated heterocycles. The Morgan fingerprint density at radius 3 is 1.79 bits per heavy atom. The van der Waals surface area contributed by atoms with Gasteiger partial charge in [0, 0.05) is 40.4 Å². The minimum Gasteiger partial charge on any atom is -0.481 e. The lowest BCUT2D eigenvalue weighted by Crippen LogP contribution is -2.58. The highest BCUT2D eigenvalue weighted by Crippen LogP contribution is 2.15. The number of hydrogen-bond donors (Lipinski definition) is 13. The van der Waals surface area contributed by atoms with E-state index in [0.717, 1.165) is 7.11 Å². The van der Waals surface area contributed by atoms with Gasteiger partial charge in [-0.05, 0) is 67.6 Å². The minimum absolute atomic E-state index is 0.00710. The maximum absolute atomic E-state index is 13.5. The molecule has 4 rings (SSSR count). The van der Waals surface area contributed by atoms with Crippen LogP contribution in [0, 0.1) is 0 Å². The predicted molar refractivity (Wildman–Crippen MR) is 262 cm³/mol. The van der Waals surface area contributed by atoms with Crippen LogP contribution in [0.3, 0.4) is 0 Å². The van der Waals surface area contributed by atoms with Gasteiger partial charge in [0.2, 0.25) is 29.6 Å². The van der Waals surface area contributed by atoms with E-state index in [1.54, 1.807) is 0 Å². The van der Waals surface area contributed by atoms with Crippen molar-refractivity contribution in [3.63, 3.8) is 0 Å². The Bertz CT molecular complexity index is 2980. The molecule has 32 heteroatoms. The molecule has 0 spiro atoms. The van der Waals surface area contributed by atoms with Crippen molar-refractivity contribution in [3.05, 3.63) is 92.3 Å². The number of carbonyl (C=O) groups is 11. The second-order valence-electron chi connectivity index (χ2n) is 16.4. The molecule has 408 valence electrons. The first kappa shape index (κ1) is 59.3. The summed E-state index contributed by atoms with van der Waals surface area (Å²) in [6.45, 7) is 0.186. The number of amides is 6. The van der Waals surface area contributed by atoms with Crippen molar-refractivity contribution in [2.24, 2.45) is 5.11 Å². The van der Waals surface area contributed by atoms with E-state index in [0.29, 0.717) is 11.4 Å². The highest BCUT2D eigenvalue weighted by molar-refractivity contribution is 5.99. The predicted octanol–water partition coefficient (Wildman–Crippen LogP) is -1.05. The lowest BCUT2D eigenvalue weighted by atomic mass is 10.1. The Kier molecular flexibility index (Phi) is 22.2. The number of nitrogens with two attached hydrogens (primary N) is 1. The van der Waals surface area contributed by atoms with Crippen LogP contribution in [0.2, 0.25) is 0 Å². The number of aliphatic carboxylic acids is 4. The summed E-state index contributed by atoms with van der Waals surface area (Å²) in [6.07, 6.45) is -3.18. The number of nitrogen functional groups attached to an aromatic ring is 1. The van der Waals surface area contributed by atoms with Crippen molar-refractivity contribution >= 4 is 93.8 Å². The molecule has 0 unspecified atom stereocenters. The van der Waals surface area contributed by atoms with Crippen molar-refractivity contribution in [2.45, 2.75) is 88.1 Å². The van der Waals surface area contributed by atoms with Crippen molar-refractivity contribution in [3.8, 4) is 0 Å². The first-order valence-corrected chi connectivity index (χ1v) is 22.8. The highest BCUT2D eigenvalue weighted by atomic mass is 16.5. The number of benzene rings is 2. The van der Waals surface area contributed by atoms with Gasteiger partial charge in [-0.15, -0.1) is 0 Å². The molecule has 2 aromatic carbocycles. The zero-order valence-corrected chi connectivity index (χ0v) is 40.5. The summed E-state index contributed by atoms with van der Waals surface area (Å²) in [5.41, 5.74) is 14.8. The Hall–Kier alpha value is -10.3. The smallest absolute Gasteiger partial charge is 0.328 e. The molecule has 2 aromatic heterocycles. The summed E-state index contributed by atoms with van der Waals surface area (Å²) < 4.78 is 4.74. The number of H-pyrrole nitrogens is 1. The molecule has 14 N–H and O–H groups in total. The van der Waals surface area contributed by atoms with E-state index in [4.69, 9.17) is 16.0 Å². The first-order valence-electron chi connectivity index (χ1n) is 22.8. The molecule has 0 fully saturated rings. The van der Waals surface area contributed by atoms with Crippen LogP contribution in [-0.4, -0.2) is 150 Å². The number of methoxy groups -OCH3 is 1. The fourth-order valence-electron chi connectivity index (χ4n) is 6.90. The van der Waals surface area contributed by atoms with Crippen molar-refractivity contribution in [1.82, 2.24) is 51.8 Å². The van der Waals surface area contributed by atoms with Crippen molar-refractivity contribution in [1.29, 1.82) is 0 Å². The average molecular weight is 1070 g/mol. The molecule has 0 aliphatic rings. The molecule has 0 saturated carbocycles. The van der Waals surface area contributed by atoms with Gasteiger partial charge < -0.3 is 68.1 Å². The topological polar surface area (TPSA) is 508 Å². The molecule has 0 aliphatic carbocycles. The van der Waals surface area contributed by atoms with Crippen LogP contribution >= 0.6 is 0 Å². The van der Waals surface area contributed by atoms with E-state index in [1.165, 1.54) is 54.7 Å². The zero-order chi connectivity index (χ0) is 56.8. The maximum Gasteiger partial charge on any atom is 0.328 e. The maximum atomic E-state index is 13.5. The van der Waals surface area contributed by atoms with E-state index < -0.39 is 133 Å². The Balaban J connectivity index is 1.33. The largest absolute Gasteiger partial charge is 0.481 e. The zero-order valence-electron chi connectivity index (χ0n) is 40.5. The van der Waals surface area contributed by atoms with Gasteiger partial charge in [0.25, 0.3) is 17.4 Å². The molecule has 2 heterocycles. The minimum atomic E-state index is -2.14. The van der Waals surface area contributed by atoms with Gasteiger partial charge >= 0.3 is 29.8 Å². The molecule has 5 atom stereocenters. The molecule has 6 amide bonds. The number of fused-ring (bicyclic) bond motifs is 1. The number of aromatic amines is 1. The second-order valence-corrected chi connectivity index (χ2v) is 16.4. The summed E-state index contributed by atoms with van der Waals surface area (Å²) in [5.74, 6) is -14.4. The van der Waals surface area contributed by atoms with Crippen LogP contribution in [0.5, 0.6) is 0 Å². The van der Waals surface area contributed by atoms with Crippen LogP contribution in [0.25, 0.3) is 21.6 Å². The number of azide groups is 1. The highest BCUT2D eigenvalue weighted by Gasteiger charge is 2.34. The number of nitrogens with zero attached hydrogens (tertiary/aromatic N) is 6. The summed E-state index contributed by atoms with van der Waals surface area (Å²) in [7, 11) is 0.995. The number of esters is 1. The van der Waals surface area contributed by atoms with Crippen molar-refractivity contribution < 1.29 is 77.9 Å². The summed E-state index contributed by atoms with van der Waals surface area (Å²) in [4.78, 5) is 168. The summed E-state index contributed by atoms with van der Waals surface area (Å²) >= 11 is 0. The van der Waals surface area contributed by atoms with Gasteiger partial charge in [-0.2, -0.15) is 4.98 Å². The van der Waals surface area contributed by atoms with E-state index in [9.17, 15) is 78.0 Å². The standard InChI is InChI=1S/C45H51N15O17/c1-77-44(76)27(4-2-3-15-48-37(68)21-7-11-24(12-8-21)59-60-47)54-40(71)29(17-33(64)65)56-41(72)30(18-34(66)67)55-39(70)28(16-32(62)63)52-31(61)14-13-26(43(74)75)53-38(69)22-5-9-23(10-6-22)49-19-25-20-50-36-35(51-25)42(73)58-45(46)57-36/h5-12,20,26-30,49H,2-4,13-19H2,1H3,(H,48,68)(H,52,61)(H,53,69)(H,54,71)(H,55,70)(H,56,72)(H,62,63)(H,64,65)(H,66,67)(H,74,75)(H3,46,50,57,58,73)/t26-,27-,28-,29-,30-/m0/s1. The van der Waals surface area contributed by atoms with Gasteiger partial charge in [0.15, 0.2) is 11.2 Å². The van der Waals surface area contributed by atoms with E-state index >= 15 is 0 Å². The summed E-state index contributed by atoms with van der Waals surface area (Å²) in [5, 5.41) is 58.1. The van der Waals surface area contributed by atoms with E-state index in [1.807, 2.05) is 10.6 Å². The first-order chi connectivity index (χ1) is 36.6. The van der Waals surface area contributed by atoms with Gasteiger partial charge in [-0.1, -0.05) is 17.2 Å². The van der Waals surface area contributed by atoms with Gasteiger partial charge in [0.1, 0.15) is 30.2 Å². The number of rotatable bonds is 30. The van der Waals surface area contributed by atoms with Gasteiger partial charge in [0.05, 0.1) is 44.8 Å². The Morgan fingerprint density at radius 2 is 1.25 bits per heavy atom. The quantitative estimate of drug-likeness (QED) is 0.00974. The lowest BCUT2D eigenvalue weighted by molar-refractivity contribution is -0.146. The normalized spacial score (nSPS) is 12.6. The van der Waals surface area contributed by atoms with Crippen molar-refractivity contribution in [2.75, 3.05) is 24.7 Å². The number of nitrogens with one attached hydrogen (secondary N) is 8. The lowest BCUT2D eigenvalue weighted by Gasteiger charge is -2.25. The third-order valence-corrected chi connectivity index (χ3v) is 10.7. The third-order valence-electron chi connectivity index (χ3n) is 10.7. The van der Waals surface area contributed by atoms with Crippen LogP contribution in [0.1, 0.15) is 77.8 Å². The number of carboxylic acid groups (broad SMARTS) is 4. The molecule has 0 bridgehead atoms. The molecule has 0 aliphatic heterocycles. The molecule has 77 heavy (non-hydrogen) atoms. The van der Waals surface area contributed by atoms with E-state index in [2.05, 4.69) is 56.5 Å². The van der Waals surface area contributed by atoms with E-state index in [-0.39, 0.29) is 66.3 Å². The number of carboxylic acids is 4. The van der Waals surface area contributed by atoms with Crippen LogP contribution < -0.4 is 48.5 Å². The number of unbranched alkanes of at least 4 members (excludes halogenated alkanes) is 1. The number of ether oxygens (including phenoxy) is 1. The second kappa shape index (κ2) is 28.8. The monoisotopic (exact) mass is 1070 g/mol. The third kappa shape index (κ3) is 19.3. The fraction of sp³-hybridized carbons (Fsp3) is 0.356. The molecule has 32 nitrogen and oxygen atoms in total.